The SMILES string of the molecule is COCCCN1C(=O)NC(C)(c2ccc(Cl)cc2)C1=O. The van der Waals surface area contributed by atoms with Gasteiger partial charge in [0.05, 0.1) is 0 Å². The number of methoxy groups -OCH3 is 1. The third kappa shape index (κ3) is 2.64. The van der Waals surface area contributed by atoms with E-state index in [0.29, 0.717) is 24.6 Å². The van der Waals surface area contributed by atoms with Gasteiger partial charge < -0.3 is 10.1 Å². The lowest BCUT2D eigenvalue weighted by Gasteiger charge is -2.22. The maximum Gasteiger partial charge on any atom is 0.325 e. The first-order valence-electron chi connectivity index (χ1n) is 6.38. The normalized spacial score (nSPS) is 22.2. The molecule has 5 nitrogen and oxygen atoms in total. The van der Waals surface area contributed by atoms with Crippen molar-refractivity contribution in [2.75, 3.05) is 20.3 Å². The maximum absolute atomic E-state index is 12.5. The highest BCUT2D eigenvalue weighted by Crippen LogP contribution is 2.29. The van der Waals surface area contributed by atoms with Crippen LogP contribution in [0, 0.1) is 0 Å². The zero-order chi connectivity index (χ0) is 14.8. The molecule has 0 saturated carbocycles. The van der Waals surface area contributed by atoms with Gasteiger partial charge in [-0.15, -0.1) is 0 Å². The first-order valence-corrected chi connectivity index (χ1v) is 6.76. The Morgan fingerprint density at radius 2 is 1.95 bits per heavy atom. The van der Waals surface area contributed by atoms with Crippen LogP contribution in [0.15, 0.2) is 24.3 Å². The molecule has 1 heterocycles. The van der Waals surface area contributed by atoms with Crippen LogP contribution in [0.4, 0.5) is 4.79 Å². The molecule has 1 saturated heterocycles. The molecular formula is C14H17ClN2O3. The van der Waals surface area contributed by atoms with Gasteiger partial charge in [-0.3, -0.25) is 9.69 Å². The Hall–Kier alpha value is -1.59. The predicted octanol–water partition coefficient (Wildman–Crippen LogP) is 2.14. The van der Waals surface area contributed by atoms with E-state index < -0.39 is 5.54 Å². The minimum absolute atomic E-state index is 0.249. The number of rotatable bonds is 5. The van der Waals surface area contributed by atoms with Crippen LogP contribution in [0.5, 0.6) is 0 Å². The third-order valence-electron chi connectivity index (χ3n) is 3.43. The summed E-state index contributed by atoms with van der Waals surface area (Å²) in [6.45, 7) is 2.56. The Kier molecular flexibility index (Phi) is 4.30. The summed E-state index contributed by atoms with van der Waals surface area (Å²) in [5.74, 6) is -0.249. The summed E-state index contributed by atoms with van der Waals surface area (Å²) in [4.78, 5) is 25.7. The number of halogens is 1. The lowest BCUT2D eigenvalue weighted by atomic mass is 9.92. The molecule has 6 heteroatoms. The fourth-order valence-electron chi connectivity index (χ4n) is 2.25. The van der Waals surface area contributed by atoms with Crippen LogP contribution >= 0.6 is 11.6 Å². The van der Waals surface area contributed by atoms with Crippen molar-refractivity contribution in [1.82, 2.24) is 10.2 Å². The Morgan fingerprint density at radius 1 is 1.30 bits per heavy atom. The molecule has 0 aromatic heterocycles. The number of carbonyl (C=O) groups is 2. The van der Waals surface area contributed by atoms with E-state index in [2.05, 4.69) is 5.32 Å². The molecule has 3 amide bonds. The largest absolute Gasteiger partial charge is 0.385 e. The summed E-state index contributed by atoms with van der Waals surface area (Å²) in [5.41, 5.74) is -0.316. The Labute approximate surface area is 122 Å². The van der Waals surface area contributed by atoms with E-state index in [1.165, 1.54) is 4.90 Å². The molecule has 20 heavy (non-hydrogen) atoms. The number of benzene rings is 1. The zero-order valence-corrected chi connectivity index (χ0v) is 12.2. The van der Waals surface area contributed by atoms with Crippen LogP contribution < -0.4 is 5.32 Å². The molecule has 1 atom stereocenters. The molecule has 0 spiro atoms. The van der Waals surface area contributed by atoms with Gasteiger partial charge in [0, 0.05) is 25.3 Å². The summed E-state index contributed by atoms with van der Waals surface area (Å²) in [6, 6.07) is 6.53. The van der Waals surface area contributed by atoms with Crippen LogP contribution in [0.25, 0.3) is 0 Å². The van der Waals surface area contributed by atoms with Gasteiger partial charge in [-0.1, -0.05) is 23.7 Å². The maximum atomic E-state index is 12.5. The van der Waals surface area contributed by atoms with Crippen LogP contribution in [0.2, 0.25) is 5.02 Å². The van der Waals surface area contributed by atoms with Gasteiger partial charge >= 0.3 is 6.03 Å². The van der Waals surface area contributed by atoms with Gasteiger partial charge in [0.15, 0.2) is 0 Å². The minimum Gasteiger partial charge on any atom is -0.385 e. The first-order chi connectivity index (χ1) is 9.49. The number of nitrogens with one attached hydrogen (secondary N) is 1. The Bertz CT molecular complexity index is 518. The standard InChI is InChI=1S/C14H17ClN2O3/c1-14(10-4-6-11(15)7-5-10)12(18)17(13(19)16-14)8-3-9-20-2/h4-7H,3,8-9H2,1-2H3,(H,16,19). The minimum atomic E-state index is -1.03. The van der Waals surface area contributed by atoms with Crippen LogP contribution in [-0.4, -0.2) is 37.1 Å². The number of hydrogen-bond acceptors (Lipinski definition) is 3. The second kappa shape index (κ2) is 5.81. The number of urea groups is 1. The number of nitrogens with zero attached hydrogens (tertiary/aromatic N) is 1. The number of hydrogen-bond donors (Lipinski definition) is 1. The van der Waals surface area contributed by atoms with Gasteiger partial charge in [0.25, 0.3) is 5.91 Å². The Morgan fingerprint density at radius 3 is 2.55 bits per heavy atom. The van der Waals surface area contributed by atoms with Gasteiger partial charge in [-0.05, 0) is 31.0 Å². The second-order valence-electron chi connectivity index (χ2n) is 4.87. The number of ether oxygens (including phenoxy) is 1. The fourth-order valence-corrected chi connectivity index (χ4v) is 2.37. The van der Waals surface area contributed by atoms with Gasteiger partial charge in [0.2, 0.25) is 0 Å². The van der Waals surface area contributed by atoms with Crippen molar-refractivity contribution in [1.29, 1.82) is 0 Å². The number of carbonyl (C=O) groups excluding carboxylic acids is 2. The summed E-state index contributed by atoms with van der Waals surface area (Å²) in [5, 5.41) is 3.34. The Balaban J connectivity index is 2.19. The van der Waals surface area contributed by atoms with E-state index in [-0.39, 0.29) is 11.9 Å². The van der Waals surface area contributed by atoms with Crippen molar-refractivity contribution in [3.63, 3.8) is 0 Å². The summed E-state index contributed by atoms with van der Waals surface area (Å²) >= 11 is 5.85. The van der Waals surface area contributed by atoms with E-state index in [9.17, 15) is 9.59 Å². The van der Waals surface area contributed by atoms with Crippen molar-refractivity contribution in [3.8, 4) is 0 Å². The van der Waals surface area contributed by atoms with E-state index >= 15 is 0 Å². The third-order valence-corrected chi connectivity index (χ3v) is 3.68. The smallest absolute Gasteiger partial charge is 0.325 e. The molecule has 108 valence electrons. The van der Waals surface area contributed by atoms with Crippen molar-refractivity contribution in [3.05, 3.63) is 34.9 Å². The highest BCUT2D eigenvalue weighted by Gasteiger charge is 2.48. The van der Waals surface area contributed by atoms with Crippen molar-refractivity contribution in [2.24, 2.45) is 0 Å². The first kappa shape index (κ1) is 14.8. The zero-order valence-electron chi connectivity index (χ0n) is 11.5. The molecular weight excluding hydrogens is 280 g/mol. The van der Waals surface area contributed by atoms with Crippen LogP contribution in [0.1, 0.15) is 18.9 Å². The number of imide groups is 1. The number of amides is 3. The summed E-state index contributed by atoms with van der Waals surface area (Å²) < 4.78 is 4.94. The highest BCUT2D eigenvalue weighted by atomic mass is 35.5. The summed E-state index contributed by atoms with van der Waals surface area (Å²) in [7, 11) is 1.59. The molecule has 1 aromatic carbocycles. The van der Waals surface area contributed by atoms with Gasteiger partial charge in [-0.25, -0.2) is 4.79 Å². The van der Waals surface area contributed by atoms with Gasteiger partial charge in [-0.2, -0.15) is 0 Å². The lowest BCUT2D eigenvalue weighted by molar-refractivity contribution is -0.131. The fraction of sp³-hybridized carbons (Fsp3) is 0.429. The van der Waals surface area contributed by atoms with Crippen molar-refractivity contribution in [2.45, 2.75) is 18.9 Å². The molecule has 0 bridgehead atoms. The molecule has 1 aromatic rings. The van der Waals surface area contributed by atoms with Crippen molar-refractivity contribution < 1.29 is 14.3 Å². The van der Waals surface area contributed by atoms with E-state index in [0.717, 1.165) is 5.56 Å². The molecule has 1 unspecified atom stereocenters. The topological polar surface area (TPSA) is 58.6 Å². The second-order valence-corrected chi connectivity index (χ2v) is 5.30. The van der Waals surface area contributed by atoms with E-state index in [1.807, 2.05) is 0 Å². The van der Waals surface area contributed by atoms with Gasteiger partial charge in [0.1, 0.15) is 5.54 Å². The monoisotopic (exact) mass is 296 g/mol. The summed E-state index contributed by atoms with van der Waals surface area (Å²) in [6.07, 6.45) is 0.617. The highest BCUT2D eigenvalue weighted by molar-refractivity contribution is 6.30. The molecule has 1 aliphatic heterocycles. The molecule has 1 N–H and O–H groups in total. The lowest BCUT2D eigenvalue weighted by Crippen LogP contribution is -2.41. The van der Waals surface area contributed by atoms with E-state index in [4.69, 9.17) is 16.3 Å². The molecule has 0 aliphatic carbocycles. The predicted molar refractivity (Wildman–Crippen MR) is 75.5 cm³/mol. The average molecular weight is 297 g/mol. The molecule has 0 radical (unpaired) electrons. The molecule has 1 fully saturated rings. The van der Waals surface area contributed by atoms with Crippen molar-refractivity contribution >= 4 is 23.5 Å². The quantitative estimate of drug-likeness (QED) is 0.669. The molecule has 1 aliphatic rings. The van der Waals surface area contributed by atoms with Crippen LogP contribution in [0.3, 0.4) is 0 Å². The van der Waals surface area contributed by atoms with E-state index in [1.54, 1.807) is 38.3 Å². The average Bonchev–Trinajstić information content (AvgIpc) is 2.64. The van der Waals surface area contributed by atoms with Crippen LogP contribution in [-0.2, 0) is 15.1 Å². The molecule has 2 rings (SSSR count).